The minimum absolute atomic E-state index is 0.0263. The van der Waals surface area contributed by atoms with E-state index < -0.39 is 5.60 Å². The lowest BCUT2D eigenvalue weighted by molar-refractivity contribution is -0.129. The van der Waals surface area contributed by atoms with Gasteiger partial charge in [0.2, 0.25) is 5.91 Å². The fourth-order valence-corrected chi connectivity index (χ4v) is 4.27. The van der Waals surface area contributed by atoms with Crippen LogP contribution in [0.4, 0.5) is 0 Å². The minimum atomic E-state index is -0.811. The molecule has 27 heavy (non-hydrogen) atoms. The number of aromatic nitrogens is 3. The number of hydrogen-bond donors (Lipinski definition) is 3. The zero-order valence-electron chi connectivity index (χ0n) is 15.7. The Bertz CT molecular complexity index is 654. The molecule has 3 N–H and O–H groups in total. The highest BCUT2D eigenvalue weighted by molar-refractivity contribution is 5.81. The van der Waals surface area contributed by atoms with Gasteiger partial charge in [-0.25, -0.2) is 0 Å². The number of nitrogens with zero attached hydrogens (tertiary/aromatic N) is 3. The van der Waals surface area contributed by atoms with E-state index >= 15 is 0 Å². The summed E-state index contributed by atoms with van der Waals surface area (Å²) in [5.41, 5.74) is -0.144. The number of carbonyl (C=O) groups is 1. The van der Waals surface area contributed by atoms with Crippen LogP contribution in [-0.2, 0) is 21.7 Å². The highest BCUT2D eigenvalue weighted by atomic mass is 16.5. The third kappa shape index (κ3) is 4.33. The van der Waals surface area contributed by atoms with Crippen molar-refractivity contribution in [2.45, 2.75) is 88.2 Å². The van der Waals surface area contributed by atoms with Gasteiger partial charge in [0, 0.05) is 12.5 Å². The summed E-state index contributed by atoms with van der Waals surface area (Å²) in [6, 6.07) is -0.103. The molecule has 1 aliphatic heterocycles. The van der Waals surface area contributed by atoms with Gasteiger partial charge in [0.1, 0.15) is 17.4 Å². The Morgan fingerprint density at radius 2 is 2.07 bits per heavy atom. The molecular weight excluding hydrogens is 348 g/mol. The highest BCUT2D eigenvalue weighted by Gasteiger charge is 2.37. The summed E-state index contributed by atoms with van der Waals surface area (Å²) >= 11 is 0. The molecule has 2 saturated carbocycles. The van der Waals surface area contributed by atoms with Gasteiger partial charge in [-0.15, -0.1) is 5.10 Å². The Labute approximate surface area is 159 Å². The van der Waals surface area contributed by atoms with Gasteiger partial charge in [-0.3, -0.25) is 9.48 Å². The predicted octanol–water partition coefficient (Wildman–Crippen LogP) is 0.864. The normalized spacial score (nSPS) is 30.4. The van der Waals surface area contributed by atoms with Crippen LogP contribution in [0.1, 0.15) is 63.5 Å². The fourth-order valence-electron chi connectivity index (χ4n) is 4.27. The summed E-state index contributed by atoms with van der Waals surface area (Å²) in [6.07, 6.45) is 9.46. The molecule has 0 spiro atoms. The Kier molecular flexibility index (Phi) is 5.48. The van der Waals surface area contributed by atoms with E-state index in [-0.39, 0.29) is 36.7 Å². The summed E-state index contributed by atoms with van der Waals surface area (Å²) in [5, 5.41) is 31.6. The monoisotopic (exact) mass is 378 g/mol. The Balaban J connectivity index is 1.27. The molecule has 8 nitrogen and oxygen atoms in total. The van der Waals surface area contributed by atoms with E-state index in [0.29, 0.717) is 12.2 Å². The Hall–Kier alpha value is -1.51. The van der Waals surface area contributed by atoms with Crippen LogP contribution in [-0.4, -0.2) is 56.0 Å². The number of hydrogen-bond acceptors (Lipinski definition) is 6. The third-order valence-electron chi connectivity index (χ3n) is 6.20. The molecule has 1 amide bonds. The lowest BCUT2D eigenvalue weighted by atomic mass is 9.97. The molecule has 3 atom stereocenters. The molecular formula is C19H30N4O4. The molecule has 0 aromatic carbocycles. The van der Waals surface area contributed by atoms with E-state index in [1.807, 2.05) is 6.20 Å². The molecule has 8 heteroatoms. The zero-order valence-corrected chi connectivity index (χ0v) is 15.7. The third-order valence-corrected chi connectivity index (χ3v) is 6.20. The van der Waals surface area contributed by atoms with Crippen molar-refractivity contribution in [1.82, 2.24) is 20.3 Å². The van der Waals surface area contributed by atoms with E-state index in [4.69, 9.17) is 4.74 Å². The van der Waals surface area contributed by atoms with Crippen LogP contribution in [0, 0.1) is 5.92 Å². The van der Waals surface area contributed by atoms with Crippen molar-refractivity contribution in [2.24, 2.45) is 5.92 Å². The molecule has 3 aliphatic rings. The van der Waals surface area contributed by atoms with Crippen molar-refractivity contribution < 1.29 is 19.7 Å². The number of aliphatic hydroxyl groups is 2. The van der Waals surface area contributed by atoms with E-state index in [1.54, 1.807) is 4.68 Å². The Morgan fingerprint density at radius 1 is 1.30 bits per heavy atom. The molecule has 150 valence electrons. The van der Waals surface area contributed by atoms with Gasteiger partial charge >= 0.3 is 0 Å². The van der Waals surface area contributed by atoms with Crippen LogP contribution in [0.25, 0.3) is 0 Å². The molecule has 0 unspecified atom stereocenters. The number of rotatable bonds is 7. The smallest absolute Gasteiger partial charge is 0.223 e. The first-order chi connectivity index (χ1) is 13.1. The predicted molar refractivity (Wildman–Crippen MR) is 96.6 cm³/mol. The first kappa shape index (κ1) is 18.8. The number of aliphatic hydroxyl groups excluding tert-OH is 1. The molecule has 1 aromatic heterocycles. The van der Waals surface area contributed by atoms with Crippen molar-refractivity contribution in [2.75, 3.05) is 6.61 Å². The maximum atomic E-state index is 12.0. The van der Waals surface area contributed by atoms with Gasteiger partial charge in [-0.1, -0.05) is 18.1 Å². The average molecular weight is 378 g/mol. The molecule has 0 bridgehead atoms. The van der Waals surface area contributed by atoms with Crippen LogP contribution in [0.2, 0.25) is 0 Å². The maximum absolute atomic E-state index is 12.0. The maximum Gasteiger partial charge on any atom is 0.223 e. The first-order valence-electron chi connectivity index (χ1n) is 10.3. The number of aryl methyl sites for hydroxylation is 1. The number of amides is 1. The first-order valence-corrected chi connectivity index (χ1v) is 10.3. The lowest BCUT2D eigenvalue weighted by Gasteiger charge is -2.36. The van der Waals surface area contributed by atoms with Crippen molar-refractivity contribution in [1.29, 1.82) is 0 Å². The topological polar surface area (TPSA) is 110 Å². The number of nitrogens with one attached hydrogen (secondary N) is 1. The highest BCUT2D eigenvalue weighted by Crippen LogP contribution is 2.37. The second-order valence-corrected chi connectivity index (χ2v) is 8.34. The summed E-state index contributed by atoms with van der Waals surface area (Å²) < 4.78 is 7.79. The van der Waals surface area contributed by atoms with Gasteiger partial charge in [0.25, 0.3) is 0 Å². The Morgan fingerprint density at radius 3 is 2.78 bits per heavy atom. The van der Waals surface area contributed by atoms with Gasteiger partial charge in [-0.2, -0.15) is 0 Å². The van der Waals surface area contributed by atoms with Gasteiger partial charge in [0.05, 0.1) is 24.9 Å². The average Bonchev–Trinajstić information content (AvgIpc) is 3.25. The van der Waals surface area contributed by atoms with Crippen molar-refractivity contribution in [3.8, 4) is 0 Å². The zero-order chi connectivity index (χ0) is 18.9. The van der Waals surface area contributed by atoms with Gasteiger partial charge in [-0.05, 0) is 44.9 Å². The van der Waals surface area contributed by atoms with Crippen molar-refractivity contribution >= 4 is 5.91 Å². The second kappa shape index (κ2) is 7.85. The molecule has 1 saturated heterocycles. The summed E-state index contributed by atoms with van der Waals surface area (Å²) in [5.74, 6) is 0.263. The quantitative estimate of drug-likeness (QED) is 0.649. The lowest BCUT2D eigenvalue weighted by Crippen LogP contribution is -2.51. The van der Waals surface area contributed by atoms with Gasteiger partial charge in [0.15, 0.2) is 0 Å². The molecule has 4 rings (SSSR count). The van der Waals surface area contributed by atoms with E-state index in [0.717, 1.165) is 57.8 Å². The van der Waals surface area contributed by atoms with Gasteiger partial charge < -0.3 is 20.3 Å². The minimum Gasteiger partial charge on any atom is -0.394 e. The van der Waals surface area contributed by atoms with Crippen molar-refractivity contribution in [3.63, 3.8) is 0 Å². The standard InChI is InChI=1S/C19H30N4O4/c24-12-16-15(20-18(25)13-3-4-13)6-5-14(27-16)7-10-23-11-17(21-22-23)19(26)8-1-2-9-19/h11,13-16,24,26H,1-10,12H2,(H,20,25)/t14-,15-,16+/m1/s1. The van der Waals surface area contributed by atoms with E-state index in [9.17, 15) is 15.0 Å². The largest absolute Gasteiger partial charge is 0.394 e. The molecule has 3 fully saturated rings. The number of ether oxygens (including phenoxy) is 1. The number of carbonyl (C=O) groups excluding carboxylic acids is 1. The fraction of sp³-hybridized carbons (Fsp3) is 0.842. The molecule has 2 aliphatic carbocycles. The molecule has 2 heterocycles. The van der Waals surface area contributed by atoms with E-state index in [2.05, 4.69) is 15.6 Å². The summed E-state index contributed by atoms with van der Waals surface area (Å²) in [4.78, 5) is 12.0. The van der Waals surface area contributed by atoms with Crippen molar-refractivity contribution in [3.05, 3.63) is 11.9 Å². The van der Waals surface area contributed by atoms with E-state index in [1.165, 1.54) is 0 Å². The van der Waals surface area contributed by atoms with Crippen LogP contribution < -0.4 is 5.32 Å². The van der Waals surface area contributed by atoms with Crippen LogP contribution in [0.5, 0.6) is 0 Å². The summed E-state index contributed by atoms with van der Waals surface area (Å²) in [7, 11) is 0. The second-order valence-electron chi connectivity index (χ2n) is 8.34. The molecule has 0 radical (unpaired) electrons. The van der Waals surface area contributed by atoms with Crippen LogP contribution >= 0.6 is 0 Å². The van der Waals surface area contributed by atoms with Crippen LogP contribution in [0.3, 0.4) is 0 Å². The SMILES string of the molecule is O=C(N[C@@H]1CC[C@H](CCn2cc(C3(O)CCCC3)nn2)O[C@H]1CO)C1CC1. The van der Waals surface area contributed by atoms with Crippen LogP contribution in [0.15, 0.2) is 6.20 Å². The summed E-state index contributed by atoms with van der Waals surface area (Å²) in [6.45, 7) is 0.567. The molecule has 1 aromatic rings.